The van der Waals surface area contributed by atoms with Crippen LogP contribution in [0.25, 0.3) is 6.08 Å². The van der Waals surface area contributed by atoms with Crippen LogP contribution in [0.2, 0.25) is 0 Å². The van der Waals surface area contributed by atoms with Gasteiger partial charge in [-0.25, -0.2) is 0 Å². The van der Waals surface area contributed by atoms with E-state index in [0.29, 0.717) is 17.2 Å². The molecule has 30 heavy (non-hydrogen) atoms. The van der Waals surface area contributed by atoms with E-state index in [0.717, 1.165) is 12.0 Å². The molecule has 4 rings (SSSR count). The molecule has 0 fully saturated rings. The van der Waals surface area contributed by atoms with Gasteiger partial charge in [0.1, 0.15) is 0 Å². The third-order valence-corrected chi connectivity index (χ3v) is 4.74. The number of nitrogens with zero attached hydrogens (tertiary/aromatic N) is 3. The van der Waals surface area contributed by atoms with Crippen LogP contribution in [0.15, 0.2) is 48.5 Å². The van der Waals surface area contributed by atoms with Crippen molar-refractivity contribution in [2.24, 2.45) is 0 Å². The van der Waals surface area contributed by atoms with E-state index in [1.165, 1.54) is 30.9 Å². The first-order chi connectivity index (χ1) is 14.7. The summed E-state index contributed by atoms with van der Waals surface area (Å²) in [6.45, 7) is 2.20. The second-order valence-electron chi connectivity index (χ2n) is 6.99. The van der Waals surface area contributed by atoms with E-state index >= 15 is 0 Å². The highest BCUT2D eigenvalue weighted by molar-refractivity contribution is 6.03. The first-order valence-corrected chi connectivity index (χ1v) is 10.0. The zero-order chi connectivity index (χ0) is 20.8. The highest BCUT2D eigenvalue weighted by Gasteiger charge is 2.31. The van der Waals surface area contributed by atoms with Gasteiger partial charge in [0.25, 0.3) is 5.82 Å². The number of unbranched alkanes of at least 4 members (excludes halogenated alkanes) is 2. The smallest absolute Gasteiger partial charge is 0.306 e. The minimum atomic E-state index is -0.803. The standard InChI is InChI=1S/C22H23N5O3/c1-2-3-4-6-15-9-11-16(12-10-15)13-14-19(28)23-17-7-5-8-18-20(17)30-22(29-18)21-24-26-27-25-21/h5,7-14,22H,2-4,6H2,1H3,(H,23,28)(H,24,25,26,27). The van der Waals surface area contributed by atoms with Gasteiger partial charge >= 0.3 is 6.29 Å². The predicted molar refractivity (Wildman–Crippen MR) is 112 cm³/mol. The molecule has 154 valence electrons. The summed E-state index contributed by atoms with van der Waals surface area (Å²) in [5.41, 5.74) is 2.80. The number of amides is 1. The van der Waals surface area contributed by atoms with E-state index in [1.54, 1.807) is 24.3 Å². The molecule has 1 aliphatic rings. The number of tetrazole rings is 1. The Morgan fingerprint density at radius 3 is 2.80 bits per heavy atom. The zero-order valence-electron chi connectivity index (χ0n) is 16.7. The quantitative estimate of drug-likeness (QED) is 0.433. The molecule has 1 amide bonds. The first-order valence-electron chi connectivity index (χ1n) is 10.0. The molecule has 1 unspecified atom stereocenters. The highest BCUT2D eigenvalue weighted by Crippen LogP contribution is 2.44. The number of ether oxygens (including phenoxy) is 2. The Bertz CT molecular complexity index is 1020. The second-order valence-corrected chi connectivity index (χ2v) is 6.99. The van der Waals surface area contributed by atoms with Gasteiger partial charge in [0.15, 0.2) is 11.5 Å². The number of carbonyl (C=O) groups excluding carboxylic acids is 1. The summed E-state index contributed by atoms with van der Waals surface area (Å²) in [6.07, 6.45) is 7.24. The van der Waals surface area contributed by atoms with E-state index in [1.807, 2.05) is 12.1 Å². The SMILES string of the molecule is CCCCCc1ccc(C=CC(=O)Nc2cccc3c2OC(c2nn[nH]n2)O3)cc1. The molecule has 8 nitrogen and oxygen atoms in total. The highest BCUT2D eigenvalue weighted by atomic mass is 16.7. The molecule has 0 saturated carbocycles. The molecule has 1 atom stereocenters. The average molecular weight is 405 g/mol. The van der Waals surface area contributed by atoms with Crippen LogP contribution >= 0.6 is 0 Å². The van der Waals surface area contributed by atoms with Crippen molar-refractivity contribution in [2.45, 2.75) is 38.9 Å². The van der Waals surface area contributed by atoms with Gasteiger partial charge in [-0.3, -0.25) is 4.79 Å². The number of para-hydroxylation sites is 1. The van der Waals surface area contributed by atoms with Gasteiger partial charge in [-0.1, -0.05) is 50.1 Å². The van der Waals surface area contributed by atoms with E-state index in [2.05, 4.69) is 45.0 Å². The lowest BCUT2D eigenvalue weighted by Gasteiger charge is -2.07. The number of hydrogen-bond acceptors (Lipinski definition) is 6. The van der Waals surface area contributed by atoms with Gasteiger partial charge in [0.2, 0.25) is 5.91 Å². The van der Waals surface area contributed by atoms with Crippen molar-refractivity contribution in [3.05, 3.63) is 65.5 Å². The van der Waals surface area contributed by atoms with E-state index < -0.39 is 6.29 Å². The molecule has 0 radical (unpaired) electrons. The Kier molecular flexibility index (Phi) is 6.03. The summed E-state index contributed by atoms with van der Waals surface area (Å²) in [4.78, 5) is 12.4. The average Bonchev–Trinajstić information content (AvgIpc) is 3.43. The van der Waals surface area contributed by atoms with E-state index in [4.69, 9.17) is 9.47 Å². The lowest BCUT2D eigenvalue weighted by atomic mass is 10.1. The predicted octanol–water partition coefficient (Wildman–Crippen LogP) is 4.05. The number of nitrogens with one attached hydrogen (secondary N) is 2. The fraction of sp³-hybridized carbons (Fsp3) is 0.273. The number of aromatic nitrogens is 4. The molecule has 1 aliphatic heterocycles. The van der Waals surface area contributed by atoms with Gasteiger partial charge in [0, 0.05) is 6.08 Å². The number of H-pyrrole nitrogens is 1. The van der Waals surface area contributed by atoms with Crippen LogP contribution in [0.5, 0.6) is 11.5 Å². The number of carbonyl (C=O) groups is 1. The molecule has 0 bridgehead atoms. The number of benzene rings is 2. The third-order valence-electron chi connectivity index (χ3n) is 4.74. The number of aryl methyl sites for hydroxylation is 1. The van der Waals surface area contributed by atoms with Crippen LogP contribution in [0, 0.1) is 0 Å². The van der Waals surface area contributed by atoms with E-state index in [-0.39, 0.29) is 11.7 Å². The molecule has 1 aromatic heterocycles. The molecular formula is C22H23N5O3. The second kappa shape index (κ2) is 9.21. The minimum absolute atomic E-state index is 0.262. The fourth-order valence-electron chi connectivity index (χ4n) is 3.17. The van der Waals surface area contributed by atoms with Crippen LogP contribution in [0.3, 0.4) is 0 Å². The summed E-state index contributed by atoms with van der Waals surface area (Å²) in [6, 6.07) is 13.6. The number of rotatable bonds is 8. The van der Waals surface area contributed by atoms with Gasteiger partial charge in [0.05, 0.1) is 5.69 Å². The molecule has 0 saturated heterocycles. The Labute approximate surface area is 174 Å². The summed E-state index contributed by atoms with van der Waals surface area (Å²) in [7, 11) is 0. The lowest BCUT2D eigenvalue weighted by Crippen LogP contribution is -2.11. The monoisotopic (exact) mass is 405 g/mol. The third kappa shape index (κ3) is 4.65. The summed E-state index contributed by atoms with van der Waals surface area (Å²) in [5.74, 6) is 0.958. The lowest BCUT2D eigenvalue weighted by molar-refractivity contribution is -0.111. The molecule has 2 aromatic carbocycles. The maximum Gasteiger partial charge on any atom is 0.306 e. The van der Waals surface area contributed by atoms with Crippen molar-refractivity contribution < 1.29 is 14.3 Å². The van der Waals surface area contributed by atoms with Crippen molar-refractivity contribution in [3.8, 4) is 11.5 Å². The van der Waals surface area contributed by atoms with Gasteiger partial charge < -0.3 is 14.8 Å². The number of aromatic amines is 1. The number of hydrogen-bond donors (Lipinski definition) is 2. The Morgan fingerprint density at radius 2 is 2.03 bits per heavy atom. The van der Waals surface area contributed by atoms with E-state index in [9.17, 15) is 4.79 Å². The summed E-state index contributed by atoms with van der Waals surface area (Å²) >= 11 is 0. The van der Waals surface area contributed by atoms with Crippen LogP contribution in [0.1, 0.15) is 49.4 Å². The summed E-state index contributed by atoms with van der Waals surface area (Å²) in [5, 5.41) is 16.4. The van der Waals surface area contributed by atoms with Crippen molar-refractivity contribution in [3.63, 3.8) is 0 Å². The minimum Gasteiger partial charge on any atom is -0.444 e. The number of fused-ring (bicyclic) bond motifs is 1. The molecule has 3 aromatic rings. The Hall–Kier alpha value is -3.68. The maximum atomic E-state index is 12.4. The van der Waals surface area contributed by atoms with Crippen LogP contribution in [-0.4, -0.2) is 26.5 Å². The Morgan fingerprint density at radius 1 is 1.17 bits per heavy atom. The molecule has 2 N–H and O–H groups in total. The van der Waals surface area contributed by atoms with Crippen molar-refractivity contribution >= 4 is 17.7 Å². The van der Waals surface area contributed by atoms with Crippen LogP contribution < -0.4 is 14.8 Å². The van der Waals surface area contributed by atoms with Crippen LogP contribution in [-0.2, 0) is 11.2 Å². The molecular weight excluding hydrogens is 382 g/mol. The first kappa shape index (κ1) is 19.6. The maximum absolute atomic E-state index is 12.4. The molecule has 2 heterocycles. The Balaban J connectivity index is 1.37. The molecule has 8 heteroatoms. The fourth-order valence-corrected chi connectivity index (χ4v) is 3.17. The van der Waals surface area contributed by atoms with Gasteiger partial charge in [-0.2, -0.15) is 5.21 Å². The number of anilines is 1. The van der Waals surface area contributed by atoms with Gasteiger partial charge in [-0.05, 0) is 47.4 Å². The summed E-state index contributed by atoms with van der Waals surface area (Å²) < 4.78 is 11.4. The topological polar surface area (TPSA) is 102 Å². The normalized spacial score (nSPS) is 14.9. The van der Waals surface area contributed by atoms with Gasteiger partial charge in [-0.15, -0.1) is 10.2 Å². The van der Waals surface area contributed by atoms with Crippen molar-refractivity contribution in [2.75, 3.05) is 5.32 Å². The van der Waals surface area contributed by atoms with Crippen molar-refractivity contribution in [1.29, 1.82) is 0 Å². The molecule has 0 aliphatic carbocycles. The zero-order valence-corrected chi connectivity index (χ0v) is 16.7. The van der Waals surface area contributed by atoms with Crippen LogP contribution in [0.4, 0.5) is 5.69 Å². The van der Waals surface area contributed by atoms with Crippen molar-refractivity contribution in [1.82, 2.24) is 20.6 Å². The molecule has 0 spiro atoms. The largest absolute Gasteiger partial charge is 0.444 e.